The predicted octanol–water partition coefficient (Wildman–Crippen LogP) is 1.41. The van der Waals surface area contributed by atoms with Crippen LogP contribution in [0.3, 0.4) is 0 Å². The SMILES string of the molecule is CNCC[C@]1(C)CCCOC1. The van der Waals surface area contributed by atoms with Crippen LogP contribution in [0.4, 0.5) is 0 Å². The van der Waals surface area contributed by atoms with Crippen LogP contribution in [0, 0.1) is 5.41 Å². The predicted molar refractivity (Wildman–Crippen MR) is 46.7 cm³/mol. The number of hydrogen-bond donors (Lipinski definition) is 1. The van der Waals surface area contributed by atoms with Crippen LogP contribution in [0.5, 0.6) is 0 Å². The van der Waals surface area contributed by atoms with Gasteiger partial charge in [-0.2, -0.15) is 0 Å². The lowest BCUT2D eigenvalue weighted by Gasteiger charge is -2.33. The molecule has 1 heterocycles. The Morgan fingerprint density at radius 1 is 1.55 bits per heavy atom. The monoisotopic (exact) mass is 157 g/mol. The Morgan fingerprint density at radius 3 is 2.91 bits per heavy atom. The van der Waals surface area contributed by atoms with Gasteiger partial charge < -0.3 is 10.1 Å². The van der Waals surface area contributed by atoms with Crippen molar-refractivity contribution < 1.29 is 4.74 Å². The summed E-state index contributed by atoms with van der Waals surface area (Å²) in [6.45, 7) is 5.35. The minimum Gasteiger partial charge on any atom is -0.381 e. The van der Waals surface area contributed by atoms with E-state index < -0.39 is 0 Å². The summed E-state index contributed by atoms with van der Waals surface area (Å²) in [6, 6.07) is 0. The highest BCUT2D eigenvalue weighted by molar-refractivity contribution is 4.77. The highest BCUT2D eigenvalue weighted by atomic mass is 16.5. The van der Waals surface area contributed by atoms with Crippen molar-refractivity contribution in [2.24, 2.45) is 5.41 Å². The number of ether oxygens (including phenoxy) is 1. The van der Waals surface area contributed by atoms with E-state index >= 15 is 0 Å². The molecule has 0 radical (unpaired) electrons. The summed E-state index contributed by atoms with van der Waals surface area (Å²) >= 11 is 0. The molecule has 66 valence electrons. The number of hydrogen-bond acceptors (Lipinski definition) is 2. The summed E-state index contributed by atoms with van der Waals surface area (Å²) in [4.78, 5) is 0. The summed E-state index contributed by atoms with van der Waals surface area (Å²) in [6.07, 6.45) is 3.80. The molecular formula is C9H19NO. The minimum atomic E-state index is 0.446. The lowest BCUT2D eigenvalue weighted by atomic mass is 9.82. The fourth-order valence-electron chi connectivity index (χ4n) is 1.62. The Kier molecular flexibility index (Phi) is 3.34. The maximum absolute atomic E-state index is 5.45. The maximum atomic E-state index is 5.45. The Balaban J connectivity index is 2.25. The Hall–Kier alpha value is -0.0800. The van der Waals surface area contributed by atoms with Gasteiger partial charge in [0, 0.05) is 6.61 Å². The highest BCUT2D eigenvalue weighted by Gasteiger charge is 2.26. The largest absolute Gasteiger partial charge is 0.381 e. The average molecular weight is 157 g/mol. The molecule has 11 heavy (non-hydrogen) atoms. The van der Waals surface area contributed by atoms with Crippen molar-refractivity contribution >= 4 is 0 Å². The van der Waals surface area contributed by atoms with E-state index in [9.17, 15) is 0 Å². The van der Waals surface area contributed by atoms with Gasteiger partial charge in [0.05, 0.1) is 6.61 Å². The van der Waals surface area contributed by atoms with E-state index in [0.29, 0.717) is 5.41 Å². The fraction of sp³-hybridized carbons (Fsp3) is 1.00. The van der Waals surface area contributed by atoms with Crippen LogP contribution in [-0.4, -0.2) is 26.8 Å². The van der Waals surface area contributed by atoms with Crippen LogP contribution in [0.1, 0.15) is 26.2 Å². The quantitative estimate of drug-likeness (QED) is 0.669. The molecule has 1 fully saturated rings. The van der Waals surface area contributed by atoms with Gasteiger partial charge in [0.25, 0.3) is 0 Å². The van der Waals surface area contributed by atoms with Gasteiger partial charge in [-0.3, -0.25) is 0 Å². The standard InChI is InChI=1S/C9H19NO/c1-9(5-6-10-2)4-3-7-11-8-9/h10H,3-8H2,1-2H3/t9-/m0/s1. The summed E-state index contributed by atoms with van der Waals surface area (Å²) in [7, 11) is 2.01. The molecule has 1 atom stereocenters. The first-order valence-corrected chi connectivity index (χ1v) is 4.49. The van der Waals surface area contributed by atoms with E-state index in [0.717, 1.165) is 19.8 Å². The first-order chi connectivity index (χ1) is 5.27. The van der Waals surface area contributed by atoms with E-state index in [1.165, 1.54) is 19.3 Å². The molecule has 0 bridgehead atoms. The van der Waals surface area contributed by atoms with Gasteiger partial charge in [0.15, 0.2) is 0 Å². The Bertz CT molecular complexity index is 108. The molecule has 2 nitrogen and oxygen atoms in total. The zero-order chi connectivity index (χ0) is 8.16. The molecule has 0 aromatic heterocycles. The molecule has 0 aromatic rings. The molecule has 0 aromatic carbocycles. The second-order valence-corrected chi connectivity index (χ2v) is 3.82. The van der Waals surface area contributed by atoms with Gasteiger partial charge in [-0.25, -0.2) is 0 Å². The molecular weight excluding hydrogens is 138 g/mol. The molecule has 1 saturated heterocycles. The van der Waals surface area contributed by atoms with E-state index in [4.69, 9.17) is 4.74 Å². The highest BCUT2D eigenvalue weighted by Crippen LogP contribution is 2.30. The third-order valence-corrected chi connectivity index (χ3v) is 2.50. The van der Waals surface area contributed by atoms with Crippen molar-refractivity contribution in [3.8, 4) is 0 Å². The molecule has 1 aliphatic rings. The summed E-state index contributed by atoms with van der Waals surface area (Å²) < 4.78 is 5.45. The molecule has 2 heteroatoms. The van der Waals surface area contributed by atoms with Crippen molar-refractivity contribution in [2.45, 2.75) is 26.2 Å². The second-order valence-electron chi connectivity index (χ2n) is 3.82. The van der Waals surface area contributed by atoms with Crippen molar-refractivity contribution in [1.29, 1.82) is 0 Å². The van der Waals surface area contributed by atoms with Gasteiger partial charge >= 0.3 is 0 Å². The van der Waals surface area contributed by atoms with Crippen LogP contribution in [0.15, 0.2) is 0 Å². The third kappa shape index (κ3) is 2.80. The molecule has 1 N–H and O–H groups in total. The second kappa shape index (κ2) is 4.07. The zero-order valence-corrected chi connectivity index (χ0v) is 7.65. The number of rotatable bonds is 3. The summed E-state index contributed by atoms with van der Waals surface area (Å²) in [5.74, 6) is 0. The molecule has 0 saturated carbocycles. The third-order valence-electron chi connectivity index (χ3n) is 2.50. The topological polar surface area (TPSA) is 21.3 Å². The molecule has 0 spiro atoms. The van der Waals surface area contributed by atoms with Gasteiger partial charge in [0.1, 0.15) is 0 Å². The van der Waals surface area contributed by atoms with Crippen LogP contribution >= 0.6 is 0 Å². The average Bonchev–Trinajstić information content (AvgIpc) is 2.03. The molecule has 0 aliphatic carbocycles. The number of nitrogens with one attached hydrogen (secondary N) is 1. The first kappa shape index (κ1) is 9.01. The van der Waals surface area contributed by atoms with Gasteiger partial charge in [-0.05, 0) is 38.3 Å². The normalized spacial score (nSPS) is 32.2. The van der Waals surface area contributed by atoms with E-state index in [1.807, 2.05) is 7.05 Å². The molecule has 0 unspecified atom stereocenters. The van der Waals surface area contributed by atoms with E-state index in [-0.39, 0.29) is 0 Å². The van der Waals surface area contributed by atoms with Gasteiger partial charge in [-0.1, -0.05) is 6.92 Å². The summed E-state index contributed by atoms with van der Waals surface area (Å²) in [5.41, 5.74) is 0.446. The van der Waals surface area contributed by atoms with E-state index in [1.54, 1.807) is 0 Å². The molecule has 0 amide bonds. The Morgan fingerprint density at radius 2 is 2.36 bits per heavy atom. The maximum Gasteiger partial charge on any atom is 0.0520 e. The molecule has 1 rings (SSSR count). The van der Waals surface area contributed by atoms with Gasteiger partial charge in [0.2, 0.25) is 0 Å². The van der Waals surface area contributed by atoms with Gasteiger partial charge in [-0.15, -0.1) is 0 Å². The van der Waals surface area contributed by atoms with Crippen molar-refractivity contribution in [3.05, 3.63) is 0 Å². The van der Waals surface area contributed by atoms with Crippen LogP contribution in [0.25, 0.3) is 0 Å². The minimum absolute atomic E-state index is 0.446. The van der Waals surface area contributed by atoms with Crippen LogP contribution in [0.2, 0.25) is 0 Å². The fourth-order valence-corrected chi connectivity index (χ4v) is 1.62. The van der Waals surface area contributed by atoms with Crippen LogP contribution < -0.4 is 5.32 Å². The lowest BCUT2D eigenvalue weighted by molar-refractivity contribution is -0.00144. The van der Waals surface area contributed by atoms with Crippen molar-refractivity contribution in [1.82, 2.24) is 5.32 Å². The summed E-state index contributed by atoms with van der Waals surface area (Å²) in [5, 5.41) is 3.18. The zero-order valence-electron chi connectivity index (χ0n) is 7.65. The first-order valence-electron chi connectivity index (χ1n) is 4.49. The van der Waals surface area contributed by atoms with E-state index in [2.05, 4.69) is 12.2 Å². The van der Waals surface area contributed by atoms with Crippen molar-refractivity contribution in [2.75, 3.05) is 26.8 Å². The van der Waals surface area contributed by atoms with Crippen LogP contribution in [-0.2, 0) is 4.74 Å². The Labute approximate surface area is 69.3 Å². The molecule has 1 aliphatic heterocycles. The van der Waals surface area contributed by atoms with Crippen molar-refractivity contribution in [3.63, 3.8) is 0 Å². The lowest BCUT2D eigenvalue weighted by Crippen LogP contribution is -2.31. The smallest absolute Gasteiger partial charge is 0.0520 e.